The molecule has 0 saturated carbocycles. The molecule has 0 aliphatic carbocycles. The molecule has 29 heavy (non-hydrogen) atoms. The van der Waals surface area contributed by atoms with Gasteiger partial charge in [0.05, 0.1) is 26.4 Å². The van der Waals surface area contributed by atoms with Crippen molar-refractivity contribution in [1.29, 1.82) is 0 Å². The number of amides is 1. The minimum Gasteiger partial charge on any atom is -0.497 e. The van der Waals surface area contributed by atoms with E-state index in [0.717, 1.165) is 25.2 Å². The van der Waals surface area contributed by atoms with Gasteiger partial charge in [-0.1, -0.05) is 24.3 Å². The van der Waals surface area contributed by atoms with Crippen LogP contribution in [0.5, 0.6) is 11.5 Å². The van der Waals surface area contributed by atoms with Crippen molar-refractivity contribution in [3.8, 4) is 11.5 Å². The van der Waals surface area contributed by atoms with E-state index in [-0.39, 0.29) is 18.1 Å². The standard InChI is InChI=1S/C23H30N2O4/c1-16-13-25(14-17(2)29-16)15-19-8-6-5-7-18(19)12-24-23(26)20-9-21(27-3)11-22(10-20)28-4/h5-11,16-17H,12-15H2,1-4H3,(H,24,26)/t16-,17+. The Morgan fingerprint density at radius 3 is 2.21 bits per heavy atom. The highest BCUT2D eigenvalue weighted by Crippen LogP contribution is 2.23. The molecule has 6 nitrogen and oxygen atoms in total. The first kappa shape index (κ1) is 21.1. The van der Waals surface area contributed by atoms with Gasteiger partial charge in [0.1, 0.15) is 11.5 Å². The number of rotatable bonds is 7. The van der Waals surface area contributed by atoms with Crippen LogP contribution in [-0.2, 0) is 17.8 Å². The Morgan fingerprint density at radius 1 is 1.03 bits per heavy atom. The number of methoxy groups -OCH3 is 2. The smallest absolute Gasteiger partial charge is 0.251 e. The first-order valence-corrected chi connectivity index (χ1v) is 9.94. The van der Waals surface area contributed by atoms with Crippen LogP contribution in [0.3, 0.4) is 0 Å². The molecule has 2 atom stereocenters. The van der Waals surface area contributed by atoms with Crippen molar-refractivity contribution in [2.45, 2.75) is 39.1 Å². The number of ether oxygens (including phenoxy) is 3. The zero-order chi connectivity index (χ0) is 20.8. The maximum absolute atomic E-state index is 12.7. The molecule has 1 aliphatic rings. The van der Waals surface area contributed by atoms with Gasteiger partial charge in [-0.05, 0) is 37.1 Å². The molecular formula is C23H30N2O4. The Kier molecular flexibility index (Phi) is 7.12. The van der Waals surface area contributed by atoms with Crippen molar-refractivity contribution in [1.82, 2.24) is 10.2 Å². The van der Waals surface area contributed by atoms with Gasteiger partial charge >= 0.3 is 0 Å². The van der Waals surface area contributed by atoms with Gasteiger partial charge in [-0.25, -0.2) is 0 Å². The van der Waals surface area contributed by atoms with Crippen LogP contribution >= 0.6 is 0 Å². The second kappa shape index (κ2) is 9.76. The molecule has 2 aromatic rings. The molecule has 2 aromatic carbocycles. The van der Waals surface area contributed by atoms with E-state index in [1.54, 1.807) is 32.4 Å². The maximum atomic E-state index is 12.7. The summed E-state index contributed by atoms with van der Waals surface area (Å²) in [5, 5.41) is 3.02. The largest absolute Gasteiger partial charge is 0.497 e. The molecule has 1 N–H and O–H groups in total. The number of carbonyl (C=O) groups excluding carboxylic acids is 1. The van der Waals surface area contributed by atoms with Gasteiger partial charge in [0.2, 0.25) is 0 Å². The lowest BCUT2D eigenvalue weighted by molar-refractivity contribution is -0.0705. The normalized spacial score (nSPS) is 19.6. The Bertz CT molecular complexity index is 807. The monoisotopic (exact) mass is 398 g/mol. The average molecular weight is 399 g/mol. The molecule has 3 rings (SSSR count). The summed E-state index contributed by atoms with van der Waals surface area (Å²) in [6.07, 6.45) is 0.460. The molecule has 1 fully saturated rings. The number of nitrogens with zero attached hydrogens (tertiary/aromatic N) is 1. The van der Waals surface area contributed by atoms with Crippen molar-refractivity contribution >= 4 is 5.91 Å². The summed E-state index contributed by atoms with van der Waals surface area (Å²) < 4.78 is 16.3. The fraction of sp³-hybridized carbons (Fsp3) is 0.435. The fourth-order valence-electron chi connectivity index (χ4n) is 3.75. The van der Waals surface area contributed by atoms with E-state index in [2.05, 4.69) is 36.2 Å². The molecular weight excluding hydrogens is 368 g/mol. The lowest BCUT2D eigenvalue weighted by Gasteiger charge is -2.35. The third-order valence-corrected chi connectivity index (χ3v) is 5.06. The van der Waals surface area contributed by atoms with Gasteiger partial charge in [0.25, 0.3) is 5.91 Å². The van der Waals surface area contributed by atoms with E-state index in [1.165, 1.54) is 5.56 Å². The van der Waals surface area contributed by atoms with Gasteiger partial charge in [-0.15, -0.1) is 0 Å². The highest BCUT2D eigenvalue weighted by molar-refractivity contribution is 5.95. The summed E-state index contributed by atoms with van der Waals surface area (Å²) in [7, 11) is 3.14. The van der Waals surface area contributed by atoms with E-state index in [0.29, 0.717) is 23.6 Å². The highest BCUT2D eigenvalue weighted by Gasteiger charge is 2.22. The fourth-order valence-corrected chi connectivity index (χ4v) is 3.75. The number of nitrogens with one attached hydrogen (secondary N) is 1. The Hall–Kier alpha value is -2.57. The number of hydrogen-bond acceptors (Lipinski definition) is 5. The van der Waals surface area contributed by atoms with Crippen molar-refractivity contribution in [3.63, 3.8) is 0 Å². The molecule has 1 saturated heterocycles. The highest BCUT2D eigenvalue weighted by atomic mass is 16.5. The van der Waals surface area contributed by atoms with Crippen LogP contribution in [0.4, 0.5) is 0 Å². The van der Waals surface area contributed by atoms with Crippen molar-refractivity contribution in [2.24, 2.45) is 0 Å². The molecule has 0 aromatic heterocycles. The molecule has 6 heteroatoms. The predicted molar refractivity (Wildman–Crippen MR) is 112 cm³/mol. The number of benzene rings is 2. The molecule has 1 aliphatic heterocycles. The first-order valence-electron chi connectivity index (χ1n) is 9.94. The van der Waals surface area contributed by atoms with E-state index < -0.39 is 0 Å². The quantitative estimate of drug-likeness (QED) is 0.776. The summed E-state index contributed by atoms with van der Waals surface area (Å²) in [4.78, 5) is 15.1. The Labute approximate surface area is 172 Å². The summed E-state index contributed by atoms with van der Waals surface area (Å²) >= 11 is 0. The van der Waals surface area contributed by atoms with Crippen LogP contribution in [0.25, 0.3) is 0 Å². The maximum Gasteiger partial charge on any atom is 0.251 e. The first-order chi connectivity index (χ1) is 14.0. The Morgan fingerprint density at radius 2 is 1.62 bits per heavy atom. The van der Waals surface area contributed by atoms with Gasteiger partial charge < -0.3 is 19.5 Å². The van der Waals surface area contributed by atoms with Gasteiger partial charge in [-0.2, -0.15) is 0 Å². The zero-order valence-corrected chi connectivity index (χ0v) is 17.6. The van der Waals surface area contributed by atoms with Crippen LogP contribution < -0.4 is 14.8 Å². The van der Waals surface area contributed by atoms with E-state index in [9.17, 15) is 4.79 Å². The second-order valence-corrected chi connectivity index (χ2v) is 7.50. The van der Waals surface area contributed by atoms with Crippen LogP contribution in [0.2, 0.25) is 0 Å². The lowest BCUT2D eigenvalue weighted by atomic mass is 10.1. The third-order valence-electron chi connectivity index (χ3n) is 5.06. The SMILES string of the molecule is COc1cc(OC)cc(C(=O)NCc2ccccc2CN2C[C@@H](C)O[C@@H](C)C2)c1. The minimum absolute atomic E-state index is 0.161. The summed E-state index contributed by atoms with van der Waals surface area (Å²) in [5.41, 5.74) is 2.84. The van der Waals surface area contributed by atoms with Gasteiger partial charge in [-0.3, -0.25) is 9.69 Å². The molecule has 156 valence electrons. The van der Waals surface area contributed by atoms with Crippen LogP contribution in [0, 0.1) is 0 Å². The topological polar surface area (TPSA) is 60.0 Å². The third kappa shape index (κ3) is 5.71. The summed E-state index contributed by atoms with van der Waals surface area (Å²) in [6, 6.07) is 13.4. The summed E-state index contributed by atoms with van der Waals surface area (Å²) in [6.45, 7) is 7.35. The molecule has 0 radical (unpaired) electrons. The molecule has 1 amide bonds. The van der Waals surface area contributed by atoms with Crippen molar-refractivity contribution < 1.29 is 19.0 Å². The molecule has 0 spiro atoms. The van der Waals surface area contributed by atoms with Crippen LogP contribution in [0.1, 0.15) is 35.3 Å². The van der Waals surface area contributed by atoms with Crippen LogP contribution in [-0.4, -0.2) is 50.3 Å². The van der Waals surface area contributed by atoms with Crippen LogP contribution in [0.15, 0.2) is 42.5 Å². The Balaban J connectivity index is 1.67. The molecule has 0 bridgehead atoms. The number of carbonyl (C=O) groups is 1. The van der Waals surface area contributed by atoms with Crippen molar-refractivity contribution in [3.05, 3.63) is 59.2 Å². The molecule has 1 heterocycles. The number of hydrogen-bond donors (Lipinski definition) is 1. The predicted octanol–water partition coefficient (Wildman–Crippen LogP) is 3.24. The summed E-state index contributed by atoms with van der Waals surface area (Å²) in [5.74, 6) is 1.02. The van der Waals surface area contributed by atoms with E-state index in [1.807, 2.05) is 12.1 Å². The number of morpholine rings is 1. The van der Waals surface area contributed by atoms with Crippen molar-refractivity contribution in [2.75, 3.05) is 27.3 Å². The second-order valence-electron chi connectivity index (χ2n) is 7.50. The zero-order valence-electron chi connectivity index (χ0n) is 17.6. The van der Waals surface area contributed by atoms with E-state index in [4.69, 9.17) is 14.2 Å². The molecule has 0 unspecified atom stereocenters. The lowest BCUT2D eigenvalue weighted by Crippen LogP contribution is -2.45. The van der Waals surface area contributed by atoms with E-state index >= 15 is 0 Å². The van der Waals surface area contributed by atoms with Gasteiger partial charge in [0.15, 0.2) is 0 Å². The average Bonchev–Trinajstić information content (AvgIpc) is 2.71. The van der Waals surface area contributed by atoms with Gasteiger partial charge in [0, 0.05) is 37.8 Å². The minimum atomic E-state index is -0.161.